The molecule has 0 atom stereocenters. The van der Waals surface area contributed by atoms with E-state index in [1.165, 1.54) is 37.3 Å². The molecule has 0 bridgehead atoms. The summed E-state index contributed by atoms with van der Waals surface area (Å²) in [4.78, 5) is 32.2. The number of rotatable bonds is 7. The lowest BCUT2D eigenvalue weighted by molar-refractivity contribution is 0.0686. The first-order chi connectivity index (χ1) is 22.2. The molecule has 0 amide bonds. The molecular formula is C34H34N6O7. The van der Waals surface area contributed by atoms with Crippen LogP contribution in [0.2, 0.25) is 0 Å². The molecule has 0 saturated carbocycles. The number of anilines is 6. The van der Waals surface area contributed by atoms with E-state index in [2.05, 4.69) is 0 Å². The van der Waals surface area contributed by atoms with Gasteiger partial charge in [0.15, 0.2) is 5.78 Å². The number of nitrogens with two attached hydrogens (primary N) is 6. The minimum absolute atomic E-state index is 0.0218. The van der Waals surface area contributed by atoms with Gasteiger partial charge < -0.3 is 54.1 Å². The summed E-state index contributed by atoms with van der Waals surface area (Å²) in [7, 11) is 0. The van der Waals surface area contributed by atoms with Crippen molar-refractivity contribution in [1.29, 1.82) is 0 Å². The molecule has 0 aromatic heterocycles. The smallest absolute Gasteiger partial charge is 0.335 e. The Balaban J connectivity index is 0.000000198. The molecule has 0 aliphatic carbocycles. The molecule has 13 heteroatoms. The molecule has 5 rings (SSSR count). The van der Waals surface area contributed by atoms with E-state index in [1.54, 1.807) is 72.8 Å². The van der Waals surface area contributed by atoms with Crippen molar-refractivity contribution in [2.45, 2.75) is 6.92 Å². The third kappa shape index (κ3) is 10.7. The van der Waals surface area contributed by atoms with Gasteiger partial charge in [0.05, 0.1) is 22.5 Å². The van der Waals surface area contributed by atoms with Gasteiger partial charge in [-0.05, 0) is 110 Å². The number of carboxylic acid groups (broad SMARTS) is 2. The van der Waals surface area contributed by atoms with Gasteiger partial charge in [0.1, 0.15) is 23.0 Å². The molecule has 242 valence electrons. The van der Waals surface area contributed by atoms with Crippen molar-refractivity contribution in [1.82, 2.24) is 0 Å². The first kappa shape index (κ1) is 34.6. The Hall–Kier alpha value is -6.89. The monoisotopic (exact) mass is 638 g/mol. The SMILES string of the molecule is CC(=O)c1ccc(Oc2ccc(N)cc2N)cc1.Nc1cc(N)cc(C(=O)O)c1.Nc1ccc(Oc2ccc(C(=O)O)cc2)c(N)c1. The number of hydrogen-bond donors (Lipinski definition) is 8. The van der Waals surface area contributed by atoms with Crippen LogP contribution < -0.4 is 43.9 Å². The summed E-state index contributed by atoms with van der Waals surface area (Å²) in [5.41, 5.74) is 37.2. The topological polar surface area (TPSA) is 266 Å². The highest BCUT2D eigenvalue weighted by Crippen LogP contribution is 2.30. The third-order valence-corrected chi connectivity index (χ3v) is 6.11. The Morgan fingerprint density at radius 3 is 1.19 bits per heavy atom. The van der Waals surface area contributed by atoms with Gasteiger partial charge in [-0.1, -0.05) is 0 Å². The lowest BCUT2D eigenvalue weighted by atomic mass is 10.1. The Morgan fingerprint density at radius 2 is 0.851 bits per heavy atom. The van der Waals surface area contributed by atoms with E-state index >= 15 is 0 Å². The summed E-state index contributed by atoms with van der Waals surface area (Å²) in [6.45, 7) is 1.52. The van der Waals surface area contributed by atoms with Crippen LogP contribution in [-0.4, -0.2) is 27.9 Å². The van der Waals surface area contributed by atoms with E-state index in [0.29, 0.717) is 62.7 Å². The second-order valence-electron chi connectivity index (χ2n) is 9.90. The predicted octanol–water partition coefficient (Wildman–Crippen LogP) is 5.74. The zero-order valence-electron chi connectivity index (χ0n) is 25.2. The normalized spacial score (nSPS) is 9.89. The Morgan fingerprint density at radius 1 is 0.468 bits per heavy atom. The zero-order valence-corrected chi connectivity index (χ0v) is 25.2. The number of aromatic carboxylic acids is 2. The van der Waals surface area contributed by atoms with Gasteiger partial charge in [0.25, 0.3) is 0 Å². The van der Waals surface area contributed by atoms with E-state index in [4.69, 9.17) is 54.1 Å². The predicted molar refractivity (Wildman–Crippen MR) is 183 cm³/mol. The van der Waals surface area contributed by atoms with E-state index < -0.39 is 11.9 Å². The van der Waals surface area contributed by atoms with Crippen molar-refractivity contribution >= 4 is 51.8 Å². The van der Waals surface area contributed by atoms with Crippen molar-refractivity contribution in [3.05, 3.63) is 120 Å². The number of ether oxygens (including phenoxy) is 2. The average molecular weight is 639 g/mol. The average Bonchev–Trinajstić information content (AvgIpc) is 3.01. The zero-order chi connectivity index (χ0) is 34.7. The van der Waals surface area contributed by atoms with Crippen molar-refractivity contribution in [2.75, 3.05) is 34.4 Å². The number of ketones is 1. The summed E-state index contributed by atoms with van der Waals surface area (Å²) in [6.07, 6.45) is 0. The highest BCUT2D eigenvalue weighted by molar-refractivity contribution is 5.94. The number of carboxylic acids is 2. The first-order valence-corrected chi connectivity index (χ1v) is 13.7. The number of Topliss-reactive ketones (excluding diaryl/α,β-unsaturated/α-hetero) is 1. The lowest BCUT2D eigenvalue weighted by Crippen LogP contribution is -1.99. The van der Waals surface area contributed by atoms with Gasteiger partial charge in [0, 0.05) is 28.3 Å². The van der Waals surface area contributed by atoms with Crippen LogP contribution in [0.4, 0.5) is 34.1 Å². The van der Waals surface area contributed by atoms with E-state index in [0.717, 1.165) is 0 Å². The molecule has 0 saturated heterocycles. The summed E-state index contributed by atoms with van der Waals surface area (Å²) in [6, 6.07) is 27.2. The van der Waals surface area contributed by atoms with E-state index in [1.807, 2.05) is 0 Å². The largest absolute Gasteiger partial charge is 0.478 e. The summed E-state index contributed by atoms with van der Waals surface area (Å²) >= 11 is 0. The molecule has 0 radical (unpaired) electrons. The lowest BCUT2D eigenvalue weighted by Gasteiger charge is -2.09. The molecule has 5 aromatic carbocycles. The highest BCUT2D eigenvalue weighted by atomic mass is 16.5. The summed E-state index contributed by atoms with van der Waals surface area (Å²) in [5, 5.41) is 17.3. The number of carbonyl (C=O) groups is 3. The van der Waals surface area contributed by atoms with Crippen LogP contribution in [0.5, 0.6) is 23.0 Å². The molecule has 0 fully saturated rings. The van der Waals surface area contributed by atoms with Crippen LogP contribution in [0.15, 0.2) is 103 Å². The number of hydrogen-bond acceptors (Lipinski definition) is 11. The van der Waals surface area contributed by atoms with Crippen molar-refractivity contribution < 1.29 is 34.1 Å². The van der Waals surface area contributed by atoms with Crippen LogP contribution in [0.1, 0.15) is 38.0 Å². The first-order valence-electron chi connectivity index (χ1n) is 13.7. The number of benzene rings is 5. The Kier molecular flexibility index (Phi) is 11.6. The maximum absolute atomic E-state index is 11.1. The molecule has 47 heavy (non-hydrogen) atoms. The fourth-order valence-corrected chi connectivity index (χ4v) is 3.80. The van der Waals surface area contributed by atoms with Crippen LogP contribution in [0, 0.1) is 0 Å². The summed E-state index contributed by atoms with van der Waals surface area (Å²) in [5.74, 6) is 0.172. The van der Waals surface area contributed by atoms with Crippen molar-refractivity contribution in [3.63, 3.8) is 0 Å². The van der Waals surface area contributed by atoms with Crippen LogP contribution >= 0.6 is 0 Å². The van der Waals surface area contributed by atoms with Gasteiger partial charge in [-0.15, -0.1) is 0 Å². The van der Waals surface area contributed by atoms with Crippen molar-refractivity contribution in [2.24, 2.45) is 0 Å². The van der Waals surface area contributed by atoms with Gasteiger partial charge in [0.2, 0.25) is 0 Å². The molecule has 0 aliphatic rings. The standard InChI is InChI=1S/C14H14N2O2.C13H12N2O3.C7H8N2O2/c1-9(17)10-2-5-12(6-3-10)18-14-7-4-11(15)8-13(14)16;14-9-3-6-12(11(15)7-9)18-10-4-1-8(2-5-10)13(16)17;8-5-1-4(7(10)11)2-6(9)3-5/h2-8H,15-16H2,1H3;1-7H,14-15H2,(H,16,17);1-3H,8-9H2,(H,10,11). The van der Waals surface area contributed by atoms with E-state index in [-0.39, 0.29) is 16.9 Å². The van der Waals surface area contributed by atoms with Crippen LogP contribution in [0.3, 0.4) is 0 Å². The van der Waals surface area contributed by atoms with E-state index in [9.17, 15) is 14.4 Å². The Bertz CT molecular complexity index is 1750. The molecule has 13 nitrogen and oxygen atoms in total. The molecule has 0 unspecified atom stereocenters. The summed E-state index contributed by atoms with van der Waals surface area (Å²) < 4.78 is 11.1. The maximum atomic E-state index is 11.1. The fourth-order valence-electron chi connectivity index (χ4n) is 3.80. The minimum Gasteiger partial charge on any atom is -0.478 e. The molecule has 0 aliphatic heterocycles. The van der Waals surface area contributed by atoms with Crippen LogP contribution in [0.25, 0.3) is 0 Å². The molecule has 0 spiro atoms. The van der Waals surface area contributed by atoms with Gasteiger partial charge in [-0.25, -0.2) is 9.59 Å². The van der Waals surface area contributed by atoms with Gasteiger partial charge >= 0.3 is 11.9 Å². The number of carbonyl (C=O) groups excluding carboxylic acids is 1. The second-order valence-corrected chi connectivity index (χ2v) is 9.90. The minimum atomic E-state index is -1.02. The highest BCUT2D eigenvalue weighted by Gasteiger charge is 2.07. The van der Waals surface area contributed by atoms with Gasteiger partial charge in [-0.3, -0.25) is 4.79 Å². The fraction of sp³-hybridized carbons (Fsp3) is 0.0294. The molecular weight excluding hydrogens is 604 g/mol. The Labute approximate surface area is 269 Å². The third-order valence-electron chi connectivity index (χ3n) is 6.11. The quantitative estimate of drug-likeness (QED) is 0.0781. The number of nitrogen functional groups attached to an aromatic ring is 6. The molecule has 14 N–H and O–H groups in total. The van der Waals surface area contributed by atoms with Crippen molar-refractivity contribution in [3.8, 4) is 23.0 Å². The maximum Gasteiger partial charge on any atom is 0.335 e. The second kappa shape index (κ2) is 15.7. The van der Waals surface area contributed by atoms with Gasteiger partial charge in [-0.2, -0.15) is 0 Å². The molecule has 0 heterocycles. The van der Waals surface area contributed by atoms with Crippen LogP contribution in [-0.2, 0) is 0 Å². The molecule has 5 aromatic rings.